The summed E-state index contributed by atoms with van der Waals surface area (Å²) in [6, 6.07) is 8.14. The first-order chi connectivity index (χ1) is 9.08. The standard InChI is InChI=1S/C16H24BrNO/c1-4-6-8-13(5-2)16(19)18-12(3)14-9-7-10-15(17)11-14/h7,9-13H,4-6,8H2,1-3H3,(H,18,19). The van der Waals surface area contributed by atoms with Gasteiger partial charge in [0.1, 0.15) is 0 Å². The van der Waals surface area contributed by atoms with Crippen LogP contribution >= 0.6 is 15.9 Å². The van der Waals surface area contributed by atoms with Crippen LogP contribution in [0.1, 0.15) is 58.1 Å². The number of amides is 1. The summed E-state index contributed by atoms with van der Waals surface area (Å²) in [5.41, 5.74) is 1.13. The summed E-state index contributed by atoms with van der Waals surface area (Å²) in [4.78, 5) is 12.2. The zero-order valence-corrected chi connectivity index (χ0v) is 13.7. The number of hydrogen-bond acceptors (Lipinski definition) is 1. The Morgan fingerprint density at radius 1 is 1.37 bits per heavy atom. The normalized spacial score (nSPS) is 13.9. The first-order valence-corrected chi connectivity index (χ1v) is 7.93. The summed E-state index contributed by atoms with van der Waals surface area (Å²) in [6.07, 6.45) is 4.17. The Morgan fingerprint density at radius 2 is 2.11 bits per heavy atom. The molecule has 1 aromatic carbocycles. The van der Waals surface area contributed by atoms with Crippen molar-refractivity contribution >= 4 is 21.8 Å². The molecule has 0 saturated heterocycles. The van der Waals surface area contributed by atoms with Gasteiger partial charge in [-0.2, -0.15) is 0 Å². The molecule has 1 N–H and O–H groups in total. The lowest BCUT2D eigenvalue weighted by atomic mass is 9.97. The van der Waals surface area contributed by atoms with Gasteiger partial charge in [-0.15, -0.1) is 0 Å². The van der Waals surface area contributed by atoms with Crippen molar-refractivity contribution in [3.63, 3.8) is 0 Å². The number of benzene rings is 1. The second-order valence-electron chi connectivity index (χ2n) is 5.03. The van der Waals surface area contributed by atoms with Crippen LogP contribution < -0.4 is 5.32 Å². The molecular formula is C16H24BrNO. The minimum absolute atomic E-state index is 0.0562. The summed E-state index contributed by atoms with van der Waals surface area (Å²) in [6.45, 7) is 6.28. The lowest BCUT2D eigenvalue weighted by Crippen LogP contribution is -2.32. The van der Waals surface area contributed by atoms with Gasteiger partial charge in [-0.3, -0.25) is 4.79 Å². The van der Waals surface area contributed by atoms with E-state index in [2.05, 4.69) is 41.2 Å². The zero-order valence-electron chi connectivity index (χ0n) is 12.1. The summed E-state index contributed by atoms with van der Waals surface area (Å²) in [5, 5.41) is 3.12. The fourth-order valence-electron chi connectivity index (χ4n) is 2.16. The molecule has 0 fully saturated rings. The van der Waals surface area contributed by atoms with Crippen molar-refractivity contribution in [1.82, 2.24) is 5.32 Å². The molecule has 1 amide bonds. The van der Waals surface area contributed by atoms with Crippen LogP contribution in [0.25, 0.3) is 0 Å². The number of rotatable bonds is 7. The maximum absolute atomic E-state index is 12.2. The average Bonchev–Trinajstić information content (AvgIpc) is 2.39. The molecular weight excluding hydrogens is 302 g/mol. The average molecular weight is 326 g/mol. The molecule has 0 radical (unpaired) electrons. The first kappa shape index (κ1) is 16.2. The van der Waals surface area contributed by atoms with Gasteiger partial charge < -0.3 is 5.32 Å². The van der Waals surface area contributed by atoms with Crippen molar-refractivity contribution in [2.75, 3.05) is 0 Å². The smallest absolute Gasteiger partial charge is 0.223 e. The summed E-state index contributed by atoms with van der Waals surface area (Å²) < 4.78 is 1.05. The van der Waals surface area contributed by atoms with E-state index in [1.807, 2.05) is 25.1 Å². The van der Waals surface area contributed by atoms with Crippen LogP contribution in [0.3, 0.4) is 0 Å². The first-order valence-electron chi connectivity index (χ1n) is 7.14. The summed E-state index contributed by atoms with van der Waals surface area (Å²) in [5.74, 6) is 0.331. The van der Waals surface area contributed by atoms with Gasteiger partial charge in [0.15, 0.2) is 0 Å². The maximum Gasteiger partial charge on any atom is 0.223 e. The molecule has 2 atom stereocenters. The van der Waals surface area contributed by atoms with E-state index in [1.54, 1.807) is 0 Å². The van der Waals surface area contributed by atoms with Crippen molar-refractivity contribution in [2.45, 2.75) is 52.5 Å². The predicted molar refractivity (Wildman–Crippen MR) is 84.0 cm³/mol. The number of carbonyl (C=O) groups excluding carboxylic acids is 1. The number of nitrogens with one attached hydrogen (secondary N) is 1. The highest BCUT2D eigenvalue weighted by atomic mass is 79.9. The minimum atomic E-state index is 0.0562. The molecule has 0 heterocycles. The van der Waals surface area contributed by atoms with Gasteiger partial charge in [-0.25, -0.2) is 0 Å². The largest absolute Gasteiger partial charge is 0.349 e. The monoisotopic (exact) mass is 325 g/mol. The van der Waals surface area contributed by atoms with Gasteiger partial charge >= 0.3 is 0 Å². The third-order valence-corrected chi connectivity index (χ3v) is 3.97. The summed E-state index contributed by atoms with van der Waals surface area (Å²) >= 11 is 3.46. The van der Waals surface area contributed by atoms with Crippen LogP contribution in [0.4, 0.5) is 0 Å². The van der Waals surface area contributed by atoms with E-state index in [0.29, 0.717) is 0 Å². The molecule has 106 valence electrons. The van der Waals surface area contributed by atoms with Crippen molar-refractivity contribution in [1.29, 1.82) is 0 Å². The second kappa shape index (κ2) is 8.36. The van der Waals surface area contributed by atoms with Gasteiger partial charge in [0, 0.05) is 10.4 Å². The zero-order chi connectivity index (χ0) is 14.3. The van der Waals surface area contributed by atoms with Crippen LogP contribution in [0.5, 0.6) is 0 Å². The molecule has 0 aliphatic carbocycles. The molecule has 2 unspecified atom stereocenters. The Kier molecular flexibility index (Phi) is 7.14. The fraction of sp³-hybridized carbons (Fsp3) is 0.562. The van der Waals surface area contributed by atoms with E-state index in [9.17, 15) is 4.79 Å². The predicted octanol–water partition coefficient (Wildman–Crippen LogP) is 4.84. The highest BCUT2D eigenvalue weighted by Crippen LogP contribution is 2.19. The van der Waals surface area contributed by atoms with Crippen molar-refractivity contribution in [2.24, 2.45) is 5.92 Å². The van der Waals surface area contributed by atoms with Gasteiger partial charge in [-0.05, 0) is 37.5 Å². The van der Waals surface area contributed by atoms with E-state index in [1.165, 1.54) is 0 Å². The molecule has 3 heteroatoms. The van der Waals surface area contributed by atoms with Gasteiger partial charge in [0.25, 0.3) is 0 Å². The van der Waals surface area contributed by atoms with Gasteiger partial charge in [0.05, 0.1) is 6.04 Å². The quantitative estimate of drug-likeness (QED) is 0.763. The number of hydrogen-bond donors (Lipinski definition) is 1. The fourth-order valence-corrected chi connectivity index (χ4v) is 2.58. The number of carbonyl (C=O) groups is 1. The van der Waals surface area contributed by atoms with Gasteiger partial charge in [-0.1, -0.05) is 54.8 Å². The van der Waals surface area contributed by atoms with Crippen LogP contribution in [0.2, 0.25) is 0 Å². The Balaban J connectivity index is 2.59. The molecule has 0 aliphatic heterocycles. The third kappa shape index (κ3) is 5.35. The third-order valence-electron chi connectivity index (χ3n) is 3.48. The van der Waals surface area contributed by atoms with E-state index in [4.69, 9.17) is 0 Å². The molecule has 0 spiro atoms. The SMILES string of the molecule is CCCCC(CC)C(=O)NC(C)c1cccc(Br)c1. The highest BCUT2D eigenvalue weighted by molar-refractivity contribution is 9.10. The molecule has 19 heavy (non-hydrogen) atoms. The maximum atomic E-state index is 12.2. The van der Waals surface area contributed by atoms with Crippen LogP contribution in [-0.2, 0) is 4.79 Å². The topological polar surface area (TPSA) is 29.1 Å². The van der Waals surface area contributed by atoms with E-state index >= 15 is 0 Å². The van der Waals surface area contributed by atoms with Crippen molar-refractivity contribution in [3.05, 3.63) is 34.3 Å². The van der Waals surface area contributed by atoms with E-state index in [-0.39, 0.29) is 17.9 Å². The molecule has 0 saturated carbocycles. The molecule has 0 aromatic heterocycles. The Morgan fingerprint density at radius 3 is 2.68 bits per heavy atom. The van der Waals surface area contributed by atoms with Crippen LogP contribution in [0.15, 0.2) is 28.7 Å². The Hall–Kier alpha value is -0.830. The number of unbranched alkanes of at least 4 members (excludes halogenated alkanes) is 1. The van der Waals surface area contributed by atoms with E-state index in [0.717, 1.165) is 35.7 Å². The summed E-state index contributed by atoms with van der Waals surface area (Å²) in [7, 11) is 0. The minimum Gasteiger partial charge on any atom is -0.349 e. The van der Waals surface area contributed by atoms with E-state index < -0.39 is 0 Å². The van der Waals surface area contributed by atoms with Crippen LogP contribution in [0, 0.1) is 5.92 Å². The van der Waals surface area contributed by atoms with Crippen molar-refractivity contribution in [3.8, 4) is 0 Å². The molecule has 1 aromatic rings. The Labute approximate surface area is 125 Å². The molecule has 1 rings (SSSR count). The second-order valence-corrected chi connectivity index (χ2v) is 5.95. The number of halogens is 1. The highest BCUT2D eigenvalue weighted by Gasteiger charge is 2.18. The van der Waals surface area contributed by atoms with Gasteiger partial charge in [0.2, 0.25) is 5.91 Å². The van der Waals surface area contributed by atoms with Crippen LogP contribution in [-0.4, -0.2) is 5.91 Å². The molecule has 0 bridgehead atoms. The lowest BCUT2D eigenvalue weighted by molar-refractivity contribution is -0.126. The van der Waals surface area contributed by atoms with Crippen molar-refractivity contribution < 1.29 is 4.79 Å². The lowest BCUT2D eigenvalue weighted by Gasteiger charge is -2.19. The Bertz CT molecular complexity index is 405. The molecule has 2 nitrogen and oxygen atoms in total. The molecule has 0 aliphatic rings.